The van der Waals surface area contributed by atoms with Gasteiger partial charge in [-0.2, -0.15) is 0 Å². The Labute approximate surface area is 218 Å². The number of para-hydroxylation sites is 1. The zero-order valence-electron chi connectivity index (χ0n) is 21.1. The number of piperidine rings is 1. The Bertz CT molecular complexity index is 1300. The fourth-order valence-electron chi connectivity index (χ4n) is 7.69. The number of nitrogens with zero attached hydrogens (tertiary/aromatic N) is 3. The molecule has 2 aromatic carbocycles. The summed E-state index contributed by atoms with van der Waals surface area (Å²) in [4.78, 5) is 2.40. The average Bonchev–Trinajstić information content (AvgIpc) is 3.46. The quantitative estimate of drug-likeness (QED) is 0.468. The minimum absolute atomic E-state index is 0.207. The van der Waals surface area contributed by atoms with E-state index in [1.165, 1.54) is 24.8 Å². The molecule has 7 nitrogen and oxygen atoms in total. The number of rotatable bonds is 6. The molecule has 0 spiro atoms. The molecular weight excluding hydrogens is 462 g/mol. The summed E-state index contributed by atoms with van der Waals surface area (Å²) >= 11 is 0. The van der Waals surface area contributed by atoms with Gasteiger partial charge in [-0.3, -0.25) is 0 Å². The third kappa shape index (κ3) is 4.00. The van der Waals surface area contributed by atoms with Gasteiger partial charge in [0.05, 0.1) is 11.4 Å². The van der Waals surface area contributed by atoms with E-state index in [4.69, 9.17) is 10.5 Å². The maximum atomic E-state index is 10.3. The molecule has 3 aromatic rings. The van der Waals surface area contributed by atoms with Gasteiger partial charge in [-0.25, -0.2) is 0 Å². The number of phenolic OH excluding ortho intramolecular Hbond substituents is 1. The summed E-state index contributed by atoms with van der Waals surface area (Å²) in [6.45, 7) is 4.09. The Morgan fingerprint density at radius 3 is 2.78 bits per heavy atom. The van der Waals surface area contributed by atoms with Gasteiger partial charge in [0.2, 0.25) is 0 Å². The third-order valence-corrected chi connectivity index (χ3v) is 9.38. The van der Waals surface area contributed by atoms with Crippen molar-refractivity contribution in [2.75, 3.05) is 36.8 Å². The topological polar surface area (TPSA) is 96.5 Å². The average molecular weight is 498 g/mol. The highest BCUT2D eigenvalue weighted by Gasteiger charge is 2.74. The van der Waals surface area contributed by atoms with Gasteiger partial charge in [0.1, 0.15) is 17.6 Å². The summed E-state index contributed by atoms with van der Waals surface area (Å²) in [7, 11) is 0. The highest BCUT2D eigenvalue weighted by atomic mass is 16.5. The van der Waals surface area contributed by atoms with Gasteiger partial charge in [0, 0.05) is 18.7 Å². The molecule has 1 aromatic heterocycles. The maximum Gasteiger partial charge on any atom is 0.169 e. The predicted octanol–water partition coefficient (Wildman–Crippen LogP) is 4.27. The van der Waals surface area contributed by atoms with Crippen molar-refractivity contribution in [3.05, 3.63) is 60.2 Å². The van der Waals surface area contributed by atoms with Crippen molar-refractivity contribution in [3.63, 3.8) is 0 Å². The number of nitrogen functional groups attached to an aromatic ring is 1. The number of fused-ring (bicyclic) bond motifs is 1. The van der Waals surface area contributed by atoms with Crippen molar-refractivity contribution in [1.29, 1.82) is 0 Å². The first-order valence-corrected chi connectivity index (χ1v) is 13.7. The summed E-state index contributed by atoms with van der Waals surface area (Å²) in [5.41, 5.74) is 10.5. The minimum atomic E-state index is 0.207. The van der Waals surface area contributed by atoms with Gasteiger partial charge in [-0.05, 0) is 104 Å². The van der Waals surface area contributed by atoms with Crippen LogP contribution >= 0.6 is 0 Å². The van der Waals surface area contributed by atoms with Crippen LogP contribution in [0.1, 0.15) is 31.2 Å². The number of aromatic hydroxyl groups is 1. The molecule has 2 saturated heterocycles. The van der Waals surface area contributed by atoms with E-state index in [9.17, 15) is 5.11 Å². The Hall–Kier alpha value is -3.32. The Kier molecular flexibility index (Phi) is 5.50. The van der Waals surface area contributed by atoms with Gasteiger partial charge < -0.3 is 25.8 Å². The molecular formula is C30H35N5O2. The molecule has 4 N–H and O–H groups in total. The normalized spacial score (nSPS) is 28.6. The first-order valence-electron chi connectivity index (χ1n) is 13.7. The van der Waals surface area contributed by atoms with Crippen LogP contribution < -0.4 is 20.7 Å². The Morgan fingerprint density at radius 2 is 1.92 bits per heavy atom. The SMILES string of the molecule is Nc1nnc(-c2ccccc2O)cc1N1CC[C@H]2C3[C@H](C1)CC32Cc1cccc(OC2CCNCC2)c1. The zero-order valence-corrected chi connectivity index (χ0v) is 21.1. The monoisotopic (exact) mass is 497 g/mol. The van der Waals surface area contributed by atoms with E-state index in [-0.39, 0.29) is 5.75 Å². The van der Waals surface area contributed by atoms with E-state index in [1.54, 1.807) is 6.07 Å². The number of ether oxygens (including phenoxy) is 1. The first-order chi connectivity index (χ1) is 18.1. The van der Waals surface area contributed by atoms with Crippen molar-refractivity contribution in [2.24, 2.45) is 23.2 Å². The van der Waals surface area contributed by atoms with E-state index in [0.717, 1.165) is 62.3 Å². The fourth-order valence-corrected chi connectivity index (χ4v) is 7.69. The number of nitrogens with two attached hydrogens (primary N) is 1. The van der Waals surface area contributed by atoms with Crippen molar-refractivity contribution in [1.82, 2.24) is 15.5 Å². The summed E-state index contributed by atoms with van der Waals surface area (Å²) in [5, 5.41) is 22.2. The summed E-state index contributed by atoms with van der Waals surface area (Å²) in [5.74, 6) is 3.99. The van der Waals surface area contributed by atoms with Crippen molar-refractivity contribution < 1.29 is 9.84 Å². The van der Waals surface area contributed by atoms with Crippen LogP contribution in [0, 0.1) is 23.2 Å². The molecule has 4 fully saturated rings. The van der Waals surface area contributed by atoms with Crippen LogP contribution in [0.3, 0.4) is 0 Å². The van der Waals surface area contributed by atoms with Gasteiger partial charge >= 0.3 is 0 Å². The maximum absolute atomic E-state index is 10.3. The zero-order chi connectivity index (χ0) is 25.0. The second-order valence-electron chi connectivity index (χ2n) is 11.5. The Balaban J connectivity index is 1.03. The molecule has 7 heteroatoms. The standard InChI is InChI=1S/C30H35N5O2/c31-29-26(15-25(33-34-29)23-6-1-2-7-27(23)36)35-13-10-24-28-20(18-35)17-30(24,28)16-19-4-3-5-22(14-19)37-21-8-11-32-12-9-21/h1-7,14-15,20-21,24,28,32,36H,8-13,16-18H2,(H2,31,34)/t20-,24-,28?,30?/m0/s1. The predicted molar refractivity (Wildman–Crippen MR) is 145 cm³/mol. The number of nitrogens with one attached hydrogen (secondary N) is 1. The lowest BCUT2D eigenvalue weighted by Gasteiger charge is -2.40. The van der Waals surface area contributed by atoms with Gasteiger partial charge in [0.15, 0.2) is 5.82 Å². The summed E-state index contributed by atoms with van der Waals surface area (Å²) < 4.78 is 6.32. The van der Waals surface area contributed by atoms with E-state index in [0.29, 0.717) is 34.5 Å². The molecule has 192 valence electrons. The number of benzene rings is 2. The van der Waals surface area contributed by atoms with Gasteiger partial charge in [0.25, 0.3) is 0 Å². The molecule has 0 bridgehead atoms. The number of hydrogen-bond donors (Lipinski definition) is 3. The third-order valence-electron chi connectivity index (χ3n) is 9.38. The largest absolute Gasteiger partial charge is 0.507 e. The fraction of sp³-hybridized carbons (Fsp3) is 0.467. The van der Waals surface area contributed by atoms with Gasteiger partial charge in [-0.15, -0.1) is 10.2 Å². The molecule has 2 aliphatic heterocycles. The summed E-state index contributed by atoms with van der Waals surface area (Å²) in [6, 6.07) is 18.1. The van der Waals surface area contributed by atoms with Crippen molar-refractivity contribution in [2.45, 2.75) is 38.2 Å². The van der Waals surface area contributed by atoms with Crippen LogP contribution in [0.2, 0.25) is 0 Å². The lowest BCUT2D eigenvalue weighted by Crippen LogP contribution is -2.40. The Morgan fingerprint density at radius 1 is 1.05 bits per heavy atom. The molecule has 2 unspecified atom stereocenters. The smallest absolute Gasteiger partial charge is 0.169 e. The highest BCUT2D eigenvalue weighted by molar-refractivity contribution is 5.74. The van der Waals surface area contributed by atoms with E-state index in [2.05, 4.69) is 44.7 Å². The second-order valence-corrected chi connectivity index (χ2v) is 11.5. The molecule has 3 heterocycles. The van der Waals surface area contributed by atoms with Crippen molar-refractivity contribution in [3.8, 4) is 22.8 Å². The molecule has 2 saturated carbocycles. The minimum Gasteiger partial charge on any atom is -0.507 e. The lowest BCUT2D eigenvalue weighted by atomic mass is 9.71. The van der Waals surface area contributed by atoms with Gasteiger partial charge in [-0.1, -0.05) is 24.3 Å². The van der Waals surface area contributed by atoms with E-state index < -0.39 is 0 Å². The van der Waals surface area contributed by atoms with Crippen molar-refractivity contribution >= 4 is 11.5 Å². The summed E-state index contributed by atoms with van der Waals surface area (Å²) in [6.07, 6.45) is 6.13. The number of aromatic nitrogens is 2. The van der Waals surface area contributed by atoms with E-state index >= 15 is 0 Å². The van der Waals surface area contributed by atoms with Crippen LogP contribution in [-0.4, -0.2) is 47.6 Å². The van der Waals surface area contributed by atoms with E-state index in [1.807, 2.05) is 24.3 Å². The first kappa shape index (κ1) is 22.8. The molecule has 0 amide bonds. The highest BCUT2D eigenvalue weighted by Crippen LogP contribution is 2.78. The number of phenols is 1. The van der Waals surface area contributed by atoms with Crippen LogP contribution in [-0.2, 0) is 6.42 Å². The molecule has 4 atom stereocenters. The lowest BCUT2D eigenvalue weighted by molar-refractivity contribution is 0.161. The number of anilines is 2. The molecule has 7 rings (SSSR count). The molecule has 2 aliphatic carbocycles. The second kappa shape index (κ2) is 8.91. The van der Waals surface area contributed by atoms with Crippen LogP contribution in [0.15, 0.2) is 54.6 Å². The van der Waals surface area contributed by atoms with Crippen LogP contribution in [0.5, 0.6) is 11.5 Å². The molecule has 0 radical (unpaired) electrons. The van der Waals surface area contributed by atoms with Crippen LogP contribution in [0.4, 0.5) is 11.5 Å². The number of hydrogen-bond acceptors (Lipinski definition) is 7. The van der Waals surface area contributed by atoms with Crippen LogP contribution in [0.25, 0.3) is 11.3 Å². The molecule has 4 aliphatic rings. The molecule has 37 heavy (non-hydrogen) atoms.